The van der Waals surface area contributed by atoms with Crippen LogP contribution in [0, 0.1) is 5.82 Å². The van der Waals surface area contributed by atoms with Gasteiger partial charge in [0.1, 0.15) is 5.82 Å². The van der Waals surface area contributed by atoms with Crippen molar-refractivity contribution in [3.8, 4) is 11.5 Å². The number of methoxy groups -OCH3 is 2. The summed E-state index contributed by atoms with van der Waals surface area (Å²) in [5.41, 5.74) is 1.19. The van der Waals surface area contributed by atoms with Gasteiger partial charge in [-0.25, -0.2) is 4.39 Å². The first-order chi connectivity index (χ1) is 12.4. The molecule has 1 fully saturated rings. The molecule has 1 aliphatic heterocycles. The van der Waals surface area contributed by atoms with Crippen molar-refractivity contribution in [2.75, 3.05) is 19.1 Å². The Labute approximate surface area is 164 Å². The number of carbonyl (C=O) groups excluding carboxylic acids is 1. The average Bonchev–Trinajstić information content (AvgIpc) is 2.91. The highest BCUT2D eigenvalue weighted by atomic mass is 35.5. The summed E-state index contributed by atoms with van der Waals surface area (Å²) in [6.07, 6.45) is 1.71. The summed E-state index contributed by atoms with van der Waals surface area (Å²) in [6.45, 7) is 0. The van der Waals surface area contributed by atoms with Crippen molar-refractivity contribution in [3.63, 3.8) is 0 Å². The summed E-state index contributed by atoms with van der Waals surface area (Å²) >= 11 is 12.3. The van der Waals surface area contributed by atoms with Gasteiger partial charge in [-0.05, 0) is 42.0 Å². The van der Waals surface area contributed by atoms with Crippen LogP contribution in [0.3, 0.4) is 0 Å². The first-order valence-corrected chi connectivity index (χ1v) is 9.00. The van der Waals surface area contributed by atoms with E-state index in [9.17, 15) is 9.18 Å². The molecule has 26 heavy (non-hydrogen) atoms. The molecule has 8 heteroatoms. The van der Waals surface area contributed by atoms with E-state index >= 15 is 0 Å². The van der Waals surface area contributed by atoms with Gasteiger partial charge in [0.15, 0.2) is 15.8 Å². The predicted octanol–water partition coefficient (Wildman–Crippen LogP) is 4.90. The zero-order valence-electron chi connectivity index (χ0n) is 13.8. The quantitative estimate of drug-likeness (QED) is 0.530. The van der Waals surface area contributed by atoms with E-state index in [1.807, 2.05) is 6.07 Å². The van der Waals surface area contributed by atoms with E-state index in [0.717, 1.165) is 17.3 Å². The lowest BCUT2D eigenvalue weighted by molar-refractivity contribution is -0.113. The Morgan fingerprint density at radius 3 is 2.54 bits per heavy atom. The second-order valence-electron chi connectivity index (χ2n) is 5.23. The van der Waals surface area contributed by atoms with Gasteiger partial charge >= 0.3 is 0 Å². The molecule has 0 saturated carbocycles. The van der Waals surface area contributed by atoms with E-state index in [1.165, 1.54) is 23.1 Å². The molecule has 1 aliphatic rings. The molecule has 0 unspecified atom stereocenters. The number of hydrogen-bond donors (Lipinski definition) is 0. The number of amides is 1. The zero-order valence-corrected chi connectivity index (χ0v) is 16.2. The van der Waals surface area contributed by atoms with E-state index in [-0.39, 0.29) is 10.9 Å². The van der Waals surface area contributed by atoms with Crippen molar-refractivity contribution in [1.29, 1.82) is 0 Å². The van der Waals surface area contributed by atoms with Crippen LogP contribution in [0.5, 0.6) is 11.5 Å². The molecule has 0 N–H and O–H groups in total. The number of rotatable bonds is 4. The highest BCUT2D eigenvalue weighted by Gasteiger charge is 2.33. The Morgan fingerprint density at radius 1 is 1.15 bits per heavy atom. The lowest BCUT2D eigenvalue weighted by Gasteiger charge is -2.14. The van der Waals surface area contributed by atoms with Crippen molar-refractivity contribution in [1.82, 2.24) is 0 Å². The lowest BCUT2D eigenvalue weighted by atomic mass is 10.2. The second kappa shape index (κ2) is 7.65. The second-order valence-corrected chi connectivity index (χ2v) is 7.31. The SMILES string of the molecule is COc1ccc(C=C2SC(=S)N(c3ccc(F)c(Cl)c3)C2=O)cc1OC. The van der Waals surface area contributed by atoms with Gasteiger partial charge in [0.25, 0.3) is 5.91 Å². The number of halogens is 2. The normalized spacial score (nSPS) is 15.7. The number of thioether (sulfide) groups is 1. The average molecular weight is 410 g/mol. The Balaban J connectivity index is 1.93. The van der Waals surface area contributed by atoms with Gasteiger partial charge in [-0.1, -0.05) is 41.6 Å². The van der Waals surface area contributed by atoms with Gasteiger partial charge < -0.3 is 9.47 Å². The van der Waals surface area contributed by atoms with E-state index in [0.29, 0.717) is 26.4 Å². The molecule has 2 aromatic carbocycles. The van der Waals surface area contributed by atoms with E-state index in [1.54, 1.807) is 32.4 Å². The highest BCUT2D eigenvalue weighted by molar-refractivity contribution is 8.27. The summed E-state index contributed by atoms with van der Waals surface area (Å²) in [7, 11) is 3.09. The van der Waals surface area contributed by atoms with Crippen LogP contribution in [0.4, 0.5) is 10.1 Å². The molecule has 0 spiro atoms. The van der Waals surface area contributed by atoms with Crippen molar-refractivity contribution in [2.45, 2.75) is 0 Å². The van der Waals surface area contributed by atoms with Crippen LogP contribution in [-0.4, -0.2) is 24.4 Å². The van der Waals surface area contributed by atoms with Crippen LogP contribution in [0.25, 0.3) is 6.08 Å². The monoisotopic (exact) mass is 409 g/mol. The number of carbonyl (C=O) groups is 1. The minimum atomic E-state index is -0.554. The molecule has 1 saturated heterocycles. The zero-order chi connectivity index (χ0) is 18.8. The molecule has 134 valence electrons. The minimum Gasteiger partial charge on any atom is -0.493 e. The van der Waals surface area contributed by atoms with E-state index < -0.39 is 5.82 Å². The van der Waals surface area contributed by atoms with Crippen LogP contribution in [0.15, 0.2) is 41.3 Å². The molecule has 0 atom stereocenters. The minimum absolute atomic E-state index is 0.0691. The Kier molecular flexibility index (Phi) is 5.50. The van der Waals surface area contributed by atoms with E-state index in [2.05, 4.69) is 0 Å². The third-order valence-corrected chi connectivity index (χ3v) is 5.25. The van der Waals surface area contributed by atoms with Gasteiger partial charge in [0, 0.05) is 0 Å². The topological polar surface area (TPSA) is 38.8 Å². The summed E-state index contributed by atoms with van der Waals surface area (Å²) < 4.78 is 24.2. The summed E-state index contributed by atoms with van der Waals surface area (Å²) in [4.78, 5) is 14.5. The van der Waals surface area contributed by atoms with E-state index in [4.69, 9.17) is 33.3 Å². The predicted molar refractivity (Wildman–Crippen MR) is 107 cm³/mol. The van der Waals surface area contributed by atoms with Crippen LogP contribution in [-0.2, 0) is 4.79 Å². The smallest absolute Gasteiger partial charge is 0.270 e. The number of hydrogen-bond acceptors (Lipinski definition) is 5. The fourth-order valence-electron chi connectivity index (χ4n) is 2.41. The van der Waals surface area contributed by atoms with Gasteiger partial charge in [0.2, 0.25) is 0 Å². The number of nitrogens with zero attached hydrogens (tertiary/aromatic N) is 1. The molecular formula is C18H13ClFNO3S2. The standard InChI is InChI=1S/C18H13ClFNO3S2/c1-23-14-6-3-10(7-15(14)24-2)8-16-17(22)21(18(25)26-16)11-4-5-13(20)12(19)9-11/h3-9H,1-2H3. The van der Waals surface area contributed by atoms with Crippen molar-refractivity contribution in [2.24, 2.45) is 0 Å². The third-order valence-electron chi connectivity index (χ3n) is 3.66. The maximum atomic E-state index is 13.4. The Morgan fingerprint density at radius 2 is 1.88 bits per heavy atom. The van der Waals surface area contributed by atoms with Crippen LogP contribution < -0.4 is 14.4 Å². The molecular weight excluding hydrogens is 397 g/mol. The highest BCUT2D eigenvalue weighted by Crippen LogP contribution is 2.38. The first-order valence-electron chi connectivity index (χ1n) is 7.39. The van der Waals surface area contributed by atoms with Crippen molar-refractivity contribution >= 4 is 57.6 Å². The molecule has 2 aromatic rings. The maximum Gasteiger partial charge on any atom is 0.270 e. The molecule has 1 amide bonds. The van der Waals surface area contributed by atoms with Crippen LogP contribution in [0.2, 0.25) is 5.02 Å². The lowest BCUT2D eigenvalue weighted by Crippen LogP contribution is -2.27. The third kappa shape index (κ3) is 3.56. The van der Waals surface area contributed by atoms with Crippen LogP contribution in [0.1, 0.15) is 5.56 Å². The van der Waals surface area contributed by atoms with Gasteiger partial charge in [-0.2, -0.15) is 0 Å². The summed E-state index contributed by atoms with van der Waals surface area (Å²) in [6, 6.07) is 9.37. The molecule has 0 bridgehead atoms. The summed E-state index contributed by atoms with van der Waals surface area (Å²) in [5.74, 6) is 0.305. The fraction of sp³-hybridized carbons (Fsp3) is 0.111. The van der Waals surface area contributed by atoms with Crippen molar-refractivity contribution in [3.05, 3.63) is 57.7 Å². The van der Waals surface area contributed by atoms with Crippen LogP contribution >= 0.6 is 35.6 Å². The maximum absolute atomic E-state index is 13.4. The van der Waals surface area contributed by atoms with Gasteiger partial charge in [-0.15, -0.1) is 0 Å². The Hall–Kier alpha value is -2.09. The number of ether oxygens (including phenoxy) is 2. The molecule has 0 aliphatic carbocycles. The molecule has 3 rings (SSSR count). The fourth-order valence-corrected chi connectivity index (χ4v) is 3.88. The molecule has 0 aromatic heterocycles. The molecule has 1 heterocycles. The number of anilines is 1. The number of thiocarbonyl (C=S) groups is 1. The summed E-state index contributed by atoms with van der Waals surface area (Å²) in [5, 5.41) is -0.0691. The molecule has 0 radical (unpaired) electrons. The van der Waals surface area contributed by atoms with Gasteiger partial charge in [-0.3, -0.25) is 9.69 Å². The largest absolute Gasteiger partial charge is 0.493 e. The Bertz CT molecular complexity index is 933. The number of benzene rings is 2. The van der Waals surface area contributed by atoms with Crippen molar-refractivity contribution < 1.29 is 18.7 Å². The van der Waals surface area contributed by atoms with Gasteiger partial charge in [0.05, 0.1) is 29.8 Å². The first kappa shape index (κ1) is 18.7. The molecule has 4 nitrogen and oxygen atoms in total.